The zero-order chi connectivity index (χ0) is 25.2. The number of nitrogens with one attached hydrogen (secondary N) is 1. The van der Waals surface area contributed by atoms with Gasteiger partial charge in [-0.05, 0) is 41.3 Å². The quantitative estimate of drug-likeness (QED) is 0.278. The van der Waals surface area contributed by atoms with Crippen LogP contribution in [0.5, 0.6) is 0 Å². The first-order chi connectivity index (χ1) is 16.9. The maximum atomic E-state index is 13.7. The van der Waals surface area contributed by atoms with Gasteiger partial charge in [-0.25, -0.2) is 0 Å². The fourth-order valence-electron chi connectivity index (χ4n) is 3.80. The molecule has 0 spiro atoms. The lowest BCUT2D eigenvalue weighted by molar-refractivity contribution is -0.140. The van der Waals surface area contributed by atoms with E-state index in [0.717, 1.165) is 18.4 Å². The van der Waals surface area contributed by atoms with Gasteiger partial charge in [0.25, 0.3) is 0 Å². The minimum absolute atomic E-state index is 0.0679. The molecule has 35 heavy (non-hydrogen) atoms. The van der Waals surface area contributed by atoms with Crippen molar-refractivity contribution in [2.24, 2.45) is 0 Å². The van der Waals surface area contributed by atoms with E-state index in [1.807, 2.05) is 48.5 Å². The topological polar surface area (TPSA) is 49.4 Å². The van der Waals surface area contributed by atoms with Gasteiger partial charge in [0.2, 0.25) is 11.8 Å². The van der Waals surface area contributed by atoms with Gasteiger partial charge < -0.3 is 10.2 Å². The molecule has 1 N–H and O–H groups in total. The molecule has 2 amide bonds. The lowest BCUT2D eigenvalue weighted by atomic mass is 10.0. The number of rotatable bonds is 11. The third-order valence-corrected chi connectivity index (χ3v) is 6.71. The number of halogens is 3. The van der Waals surface area contributed by atoms with Crippen LogP contribution in [0.1, 0.15) is 36.5 Å². The molecule has 0 unspecified atom stereocenters. The van der Waals surface area contributed by atoms with Gasteiger partial charge in [0.15, 0.2) is 0 Å². The van der Waals surface area contributed by atoms with Gasteiger partial charge in [0, 0.05) is 34.6 Å². The molecule has 0 aliphatic heterocycles. The number of hydrogen-bond acceptors (Lipinski definition) is 2. The summed E-state index contributed by atoms with van der Waals surface area (Å²) in [6.45, 7) is 2.78. The van der Waals surface area contributed by atoms with Crippen LogP contribution in [0.15, 0.2) is 72.8 Å². The molecule has 0 aliphatic carbocycles. The molecule has 3 aromatic carbocycles. The normalized spacial score (nSPS) is 11.7. The van der Waals surface area contributed by atoms with Crippen molar-refractivity contribution in [2.75, 3.05) is 6.54 Å². The Morgan fingerprint density at radius 3 is 2.29 bits per heavy atom. The predicted molar refractivity (Wildman–Crippen MR) is 144 cm³/mol. The van der Waals surface area contributed by atoms with Crippen LogP contribution in [0, 0.1) is 0 Å². The minimum atomic E-state index is -0.726. The molecular formula is C28H29Cl3N2O2. The molecule has 0 saturated carbocycles. The monoisotopic (exact) mass is 530 g/mol. The Hall–Kier alpha value is -2.53. The van der Waals surface area contributed by atoms with Gasteiger partial charge in [-0.2, -0.15) is 0 Å². The van der Waals surface area contributed by atoms with Crippen LogP contribution in [0.3, 0.4) is 0 Å². The lowest BCUT2D eigenvalue weighted by Crippen LogP contribution is -2.51. The van der Waals surface area contributed by atoms with Crippen LogP contribution >= 0.6 is 34.8 Å². The number of amides is 2. The van der Waals surface area contributed by atoms with Crippen molar-refractivity contribution in [3.63, 3.8) is 0 Å². The fraction of sp³-hybridized carbons (Fsp3) is 0.286. The second-order valence-corrected chi connectivity index (χ2v) is 9.63. The Morgan fingerprint density at radius 2 is 1.60 bits per heavy atom. The van der Waals surface area contributed by atoms with E-state index >= 15 is 0 Å². The van der Waals surface area contributed by atoms with E-state index < -0.39 is 6.04 Å². The van der Waals surface area contributed by atoms with E-state index in [1.165, 1.54) is 0 Å². The third kappa shape index (κ3) is 7.99. The highest BCUT2D eigenvalue weighted by Gasteiger charge is 2.31. The molecule has 0 saturated heterocycles. The highest BCUT2D eigenvalue weighted by molar-refractivity contribution is 6.35. The van der Waals surface area contributed by atoms with Crippen LogP contribution in [-0.4, -0.2) is 29.3 Å². The standard InChI is InChI=1S/C28H29Cl3N2O2/c1-2-3-15-32-28(35)26(16-20-9-5-4-6-10-20)33(19-22-13-14-23(29)18-25(22)31)27(34)17-21-11-7-8-12-24(21)30/h4-14,18,26H,2-3,15-17,19H2,1H3,(H,32,35)/t26-/m1/s1. The van der Waals surface area contributed by atoms with Gasteiger partial charge in [-0.15, -0.1) is 0 Å². The summed E-state index contributed by atoms with van der Waals surface area (Å²) in [6.07, 6.45) is 2.26. The molecule has 0 fully saturated rings. The summed E-state index contributed by atoms with van der Waals surface area (Å²) in [5, 5.41) is 4.47. The summed E-state index contributed by atoms with van der Waals surface area (Å²) in [4.78, 5) is 28.8. The largest absolute Gasteiger partial charge is 0.354 e. The van der Waals surface area contributed by atoms with E-state index in [1.54, 1.807) is 29.2 Å². The summed E-state index contributed by atoms with van der Waals surface area (Å²) in [6, 6.07) is 21.4. The van der Waals surface area contributed by atoms with Crippen LogP contribution in [0.2, 0.25) is 15.1 Å². The van der Waals surface area contributed by atoms with Gasteiger partial charge in [-0.1, -0.05) is 103 Å². The van der Waals surface area contributed by atoms with Gasteiger partial charge in [0.05, 0.1) is 6.42 Å². The van der Waals surface area contributed by atoms with E-state index in [-0.39, 0.29) is 24.8 Å². The van der Waals surface area contributed by atoms with Crippen LogP contribution in [0.25, 0.3) is 0 Å². The first-order valence-electron chi connectivity index (χ1n) is 11.7. The van der Waals surface area contributed by atoms with Crippen molar-refractivity contribution in [3.05, 3.63) is 105 Å². The minimum Gasteiger partial charge on any atom is -0.354 e. The smallest absolute Gasteiger partial charge is 0.243 e. The van der Waals surface area contributed by atoms with Crippen LogP contribution < -0.4 is 5.32 Å². The highest BCUT2D eigenvalue weighted by atomic mass is 35.5. The average molecular weight is 532 g/mol. The highest BCUT2D eigenvalue weighted by Crippen LogP contribution is 2.25. The van der Waals surface area contributed by atoms with E-state index in [0.29, 0.717) is 39.2 Å². The molecule has 3 aromatic rings. The van der Waals surface area contributed by atoms with Gasteiger partial charge in [-0.3, -0.25) is 9.59 Å². The average Bonchev–Trinajstić information content (AvgIpc) is 2.84. The zero-order valence-electron chi connectivity index (χ0n) is 19.6. The SMILES string of the molecule is CCCCNC(=O)[C@@H](Cc1ccccc1)N(Cc1ccc(Cl)cc1Cl)C(=O)Cc1ccccc1Cl. The van der Waals surface area contributed by atoms with Gasteiger partial charge >= 0.3 is 0 Å². The van der Waals surface area contributed by atoms with E-state index in [9.17, 15) is 9.59 Å². The Morgan fingerprint density at radius 1 is 0.886 bits per heavy atom. The molecule has 0 aliphatic rings. The first kappa shape index (κ1) is 27.1. The Kier molecular flexibility index (Phi) is 10.5. The van der Waals surface area contributed by atoms with E-state index in [2.05, 4.69) is 12.2 Å². The Balaban J connectivity index is 1.98. The lowest BCUT2D eigenvalue weighted by Gasteiger charge is -2.32. The molecule has 0 heterocycles. The third-order valence-electron chi connectivity index (χ3n) is 5.76. The molecule has 0 radical (unpaired) electrons. The van der Waals surface area contributed by atoms with Crippen molar-refractivity contribution in [2.45, 2.75) is 45.2 Å². The zero-order valence-corrected chi connectivity index (χ0v) is 21.9. The molecule has 3 rings (SSSR count). The molecule has 7 heteroatoms. The van der Waals surface area contributed by atoms with Crippen LogP contribution in [0.4, 0.5) is 0 Å². The summed E-state index contributed by atoms with van der Waals surface area (Å²) in [7, 11) is 0. The molecule has 0 aromatic heterocycles. The maximum absolute atomic E-state index is 13.7. The van der Waals surface area contributed by atoms with Crippen molar-refractivity contribution >= 4 is 46.6 Å². The molecule has 0 bridgehead atoms. The molecule has 4 nitrogen and oxygen atoms in total. The number of carbonyl (C=O) groups excluding carboxylic acids is 2. The van der Waals surface area contributed by atoms with Crippen molar-refractivity contribution in [3.8, 4) is 0 Å². The van der Waals surface area contributed by atoms with Crippen molar-refractivity contribution in [1.82, 2.24) is 10.2 Å². The summed E-state index contributed by atoms with van der Waals surface area (Å²) < 4.78 is 0. The summed E-state index contributed by atoms with van der Waals surface area (Å²) in [5.41, 5.74) is 2.38. The summed E-state index contributed by atoms with van der Waals surface area (Å²) in [5.74, 6) is -0.407. The van der Waals surface area contributed by atoms with Crippen molar-refractivity contribution < 1.29 is 9.59 Å². The van der Waals surface area contributed by atoms with Crippen molar-refractivity contribution in [1.29, 1.82) is 0 Å². The summed E-state index contributed by atoms with van der Waals surface area (Å²) >= 11 is 18.9. The van der Waals surface area contributed by atoms with Gasteiger partial charge in [0.1, 0.15) is 6.04 Å². The molecular weight excluding hydrogens is 503 g/mol. The number of benzene rings is 3. The van der Waals surface area contributed by atoms with Crippen LogP contribution in [-0.2, 0) is 29.0 Å². The maximum Gasteiger partial charge on any atom is 0.243 e. The first-order valence-corrected chi connectivity index (χ1v) is 12.8. The number of unbranched alkanes of at least 4 members (excludes halogenated alkanes) is 1. The molecule has 1 atom stereocenters. The predicted octanol–water partition coefficient (Wildman–Crippen LogP) is 6.75. The Labute approximate surface area is 222 Å². The number of nitrogens with zero attached hydrogens (tertiary/aromatic N) is 1. The molecule has 184 valence electrons. The van der Waals surface area contributed by atoms with E-state index in [4.69, 9.17) is 34.8 Å². The number of hydrogen-bond donors (Lipinski definition) is 1. The second-order valence-electron chi connectivity index (χ2n) is 8.38. The second kappa shape index (κ2) is 13.5. The Bertz CT molecular complexity index is 1140. The fourth-order valence-corrected chi connectivity index (χ4v) is 4.47. The number of carbonyl (C=O) groups is 2.